The monoisotopic (exact) mass is 599 g/mol. The van der Waals surface area contributed by atoms with E-state index in [9.17, 15) is 14.4 Å². The molecule has 3 amide bonds. The first-order valence-electron chi connectivity index (χ1n) is 13.4. The van der Waals surface area contributed by atoms with E-state index >= 15 is 0 Å². The highest BCUT2D eigenvalue weighted by atomic mass is 35.5. The van der Waals surface area contributed by atoms with Crippen molar-refractivity contribution < 1.29 is 19.1 Å². The average Bonchev–Trinajstić information content (AvgIpc) is 3.37. The Balaban J connectivity index is 1.21. The number of anilines is 1. The van der Waals surface area contributed by atoms with Crippen LogP contribution in [-0.4, -0.2) is 88.4 Å². The fraction of sp³-hybridized carbons (Fsp3) is 0.393. The Labute approximate surface area is 247 Å². The molecule has 13 heteroatoms. The number of imidazole rings is 1. The number of rotatable bonds is 6. The summed E-state index contributed by atoms with van der Waals surface area (Å²) >= 11 is 12.9. The number of piperidine rings is 1. The fourth-order valence-corrected chi connectivity index (χ4v) is 5.67. The summed E-state index contributed by atoms with van der Waals surface area (Å²) in [7, 11) is 3.20. The zero-order chi connectivity index (χ0) is 29.1. The van der Waals surface area contributed by atoms with E-state index in [0.717, 1.165) is 25.9 Å². The van der Waals surface area contributed by atoms with E-state index in [1.165, 1.54) is 13.2 Å². The van der Waals surface area contributed by atoms with Crippen molar-refractivity contribution >= 4 is 46.6 Å². The number of aromatic nitrogens is 3. The Morgan fingerprint density at radius 1 is 0.976 bits per heavy atom. The molecule has 0 atom stereocenters. The molecule has 0 bridgehead atoms. The number of amides is 3. The first kappa shape index (κ1) is 28.8. The highest BCUT2D eigenvalue weighted by molar-refractivity contribution is 6.34. The predicted octanol–water partition coefficient (Wildman–Crippen LogP) is 3.33. The summed E-state index contributed by atoms with van der Waals surface area (Å²) < 4.78 is 6.71. The molecule has 5 rings (SSSR count). The van der Waals surface area contributed by atoms with Crippen LogP contribution in [0, 0.1) is 5.92 Å². The Kier molecular flexibility index (Phi) is 8.77. The smallest absolute Gasteiger partial charge is 0.291 e. The normalized spacial score (nSPS) is 16.0. The van der Waals surface area contributed by atoms with E-state index in [0.29, 0.717) is 59.6 Å². The maximum absolute atomic E-state index is 13.2. The predicted molar refractivity (Wildman–Crippen MR) is 155 cm³/mol. The van der Waals surface area contributed by atoms with Crippen molar-refractivity contribution in [2.24, 2.45) is 13.0 Å². The molecule has 3 aromatic rings. The van der Waals surface area contributed by atoms with Crippen molar-refractivity contribution in [1.29, 1.82) is 0 Å². The summed E-state index contributed by atoms with van der Waals surface area (Å²) in [5.41, 5.74) is 1.96. The van der Waals surface area contributed by atoms with Crippen LogP contribution in [0.3, 0.4) is 0 Å². The molecule has 4 heterocycles. The number of hydrogen-bond donors (Lipinski definition) is 2. The molecule has 1 aromatic carbocycles. The van der Waals surface area contributed by atoms with Crippen molar-refractivity contribution in [3.8, 4) is 17.1 Å². The molecule has 11 nitrogen and oxygen atoms in total. The first-order valence-corrected chi connectivity index (χ1v) is 14.1. The lowest BCUT2D eigenvalue weighted by Gasteiger charge is -2.37. The van der Waals surface area contributed by atoms with E-state index in [-0.39, 0.29) is 28.6 Å². The molecule has 2 fully saturated rings. The lowest BCUT2D eigenvalue weighted by molar-refractivity contribution is -0.137. The van der Waals surface area contributed by atoms with Gasteiger partial charge in [-0.3, -0.25) is 14.4 Å². The summed E-state index contributed by atoms with van der Waals surface area (Å²) in [5.74, 6) is 0.106. The van der Waals surface area contributed by atoms with Crippen LogP contribution in [-0.2, 0) is 11.8 Å². The first-order chi connectivity index (χ1) is 19.8. The second kappa shape index (κ2) is 12.5. The van der Waals surface area contributed by atoms with E-state index in [4.69, 9.17) is 27.9 Å². The van der Waals surface area contributed by atoms with Gasteiger partial charge < -0.3 is 29.7 Å². The zero-order valence-electron chi connectivity index (χ0n) is 22.8. The van der Waals surface area contributed by atoms with Gasteiger partial charge in [0.05, 0.1) is 34.6 Å². The number of halogens is 2. The number of hydrogen-bond acceptors (Lipinski definition) is 7. The van der Waals surface area contributed by atoms with Crippen LogP contribution in [0.2, 0.25) is 10.0 Å². The molecule has 2 aliphatic heterocycles. The van der Waals surface area contributed by atoms with Gasteiger partial charge in [0.1, 0.15) is 0 Å². The Hall–Kier alpha value is -3.67. The largest absolute Gasteiger partial charge is 0.481 e. The summed E-state index contributed by atoms with van der Waals surface area (Å²) in [6.07, 6.45) is 4.80. The average molecular weight is 601 g/mol. The second-order valence-corrected chi connectivity index (χ2v) is 10.8. The third-order valence-electron chi connectivity index (χ3n) is 7.53. The highest BCUT2D eigenvalue weighted by Crippen LogP contribution is 2.30. The fourth-order valence-electron chi connectivity index (χ4n) is 5.16. The lowest BCUT2D eigenvalue weighted by Crippen LogP contribution is -2.52. The second-order valence-electron chi connectivity index (χ2n) is 10.0. The van der Waals surface area contributed by atoms with Gasteiger partial charge >= 0.3 is 0 Å². The van der Waals surface area contributed by atoms with Crippen LogP contribution in [0.1, 0.15) is 33.8 Å². The molecule has 41 heavy (non-hydrogen) atoms. The number of nitrogens with zero attached hydrogens (tertiary/aromatic N) is 5. The summed E-state index contributed by atoms with van der Waals surface area (Å²) in [6.45, 7) is 3.62. The van der Waals surface area contributed by atoms with Crippen LogP contribution in [0.15, 0.2) is 36.7 Å². The van der Waals surface area contributed by atoms with Crippen LogP contribution >= 0.6 is 23.2 Å². The van der Waals surface area contributed by atoms with Gasteiger partial charge in [-0.15, -0.1) is 0 Å². The molecule has 2 saturated heterocycles. The molecular weight excluding hydrogens is 569 g/mol. The molecule has 216 valence electrons. The molecule has 0 radical (unpaired) electrons. The minimum Gasteiger partial charge on any atom is -0.481 e. The van der Waals surface area contributed by atoms with Gasteiger partial charge in [0, 0.05) is 62.7 Å². The Bertz CT molecular complexity index is 1460. The molecule has 0 unspecified atom stereocenters. The minimum atomic E-state index is -0.457. The van der Waals surface area contributed by atoms with Crippen LogP contribution < -0.4 is 15.4 Å². The molecule has 2 N–H and O–H groups in total. The summed E-state index contributed by atoms with van der Waals surface area (Å²) in [5, 5.41) is 6.70. The number of carbonyl (C=O) groups is 3. The Morgan fingerprint density at radius 3 is 2.34 bits per heavy atom. The molecule has 0 aliphatic carbocycles. The standard InChI is InChI=1S/C28H31Cl2N7O4/c1-35-23(20-15-32-24(41-2)14-22(20)30)16-33-25(35)26(38)34-18-3-4-19(21(29)13-18)28(40)37-11-9-36(10-12-37)27(39)17-5-7-31-8-6-17/h3-4,13-17,31H,5-12H2,1-2H3,(H,34,38). The topological polar surface area (TPSA) is 122 Å². The van der Waals surface area contributed by atoms with Gasteiger partial charge in [-0.25, -0.2) is 9.97 Å². The van der Waals surface area contributed by atoms with Crippen LogP contribution in [0.25, 0.3) is 11.3 Å². The number of carbonyl (C=O) groups excluding carboxylic acids is 3. The number of nitrogens with one attached hydrogen (secondary N) is 2. The summed E-state index contributed by atoms with van der Waals surface area (Å²) in [6, 6.07) is 6.35. The number of methoxy groups -OCH3 is 1. The minimum absolute atomic E-state index is 0.0605. The number of piperazine rings is 1. The van der Waals surface area contributed by atoms with Gasteiger partial charge in [0.2, 0.25) is 11.8 Å². The van der Waals surface area contributed by atoms with E-state index in [1.54, 1.807) is 47.1 Å². The van der Waals surface area contributed by atoms with Gasteiger partial charge in [-0.1, -0.05) is 23.2 Å². The van der Waals surface area contributed by atoms with Gasteiger partial charge in [0.25, 0.3) is 11.8 Å². The highest BCUT2D eigenvalue weighted by Gasteiger charge is 2.30. The number of benzene rings is 1. The number of pyridine rings is 1. The van der Waals surface area contributed by atoms with Crippen molar-refractivity contribution in [2.45, 2.75) is 12.8 Å². The maximum Gasteiger partial charge on any atom is 0.291 e. The van der Waals surface area contributed by atoms with Crippen molar-refractivity contribution in [3.05, 3.63) is 58.1 Å². The zero-order valence-corrected chi connectivity index (χ0v) is 24.3. The van der Waals surface area contributed by atoms with Crippen LogP contribution in [0.5, 0.6) is 5.88 Å². The van der Waals surface area contributed by atoms with Crippen molar-refractivity contribution in [1.82, 2.24) is 29.7 Å². The number of ether oxygens (including phenoxy) is 1. The van der Waals surface area contributed by atoms with Crippen molar-refractivity contribution in [3.63, 3.8) is 0 Å². The lowest BCUT2D eigenvalue weighted by atomic mass is 9.96. The third-order valence-corrected chi connectivity index (χ3v) is 8.15. The molecule has 2 aromatic heterocycles. The van der Waals surface area contributed by atoms with E-state index in [2.05, 4.69) is 20.6 Å². The third kappa shape index (κ3) is 6.17. The van der Waals surface area contributed by atoms with Crippen molar-refractivity contribution in [2.75, 3.05) is 51.7 Å². The van der Waals surface area contributed by atoms with Gasteiger partial charge in [-0.05, 0) is 44.1 Å². The van der Waals surface area contributed by atoms with Gasteiger partial charge in [-0.2, -0.15) is 0 Å². The van der Waals surface area contributed by atoms with E-state index in [1.807, 2.05) is 4.90 Å². The molecular formula is C28H31Cl2N7O4. The Morgan fingerprint density at radius 2 is 1.68 bits per heavy atom. The van der Waals surface area contributed by atoms with E-state index < -0.39 is 5.91 Å². The van der Waals surface area contributed by atoms with Crippen LogP contribution in [0.4, 0.5) is 5.69 Å². The van der Waals surface area contributed by atoms with Gasteiger partial charge in [0.15, 0.2) is 5.82 Å². The summed E-state index contributed by atoms with van der Waals surface area (Å²) in [4.78, 5) is 51.1. The molecule has 0 saturated carbocycles. The SMILES string of the molecule is COc1cc(Cl)c(-c2cnc(C(=O)Nc3ccc(C(=O)N4CCN(C(=O)C5CCNCC5)CC4)c(Cl)c3)n2C)cn1. The quantitative estimate of drug-likeness (QED) is 0.445. The maximum atomic E-state index is 13.2. The molecule has 0 spiro atoms. The molecule has 2 aliphatic rings.